The van der Waals surface area contributed by atoms with Gasteiger partial charge < -0.3 is 14.7 Å². The average Bonchev–Trinajstić information content (AvgIpc) is 2.81. The van der Waals surface area contributed by atoms with Gasteiger partial charge in [0.1, 0.15) is 10.9 Å². The summed E-state index contributed by atoms with van der Waals surface area (Å²) < 4.78 is 0.760. The number of thioether (sulfide) groups is 1. The zero-order valence-electron chi connectivity index (χ0n) is 16.8. The van der Waals surface area contributed by atoms with Crippen LogP contribution in [0.25, 0.3) is 6.08 Å². The highest BCUT2D eigenvalue weighted by molar-refractivity contribution is 8.26. The molecule has 1 fully saturated rings. The summed E-state index contributed by atoms with van der Waals surface area (Å²) in [5.41, 5.74) is 1.93. The smallest absolute Gasteiger partial charge is 0.359 e. The molecule has 0 aromatic heterocycles. The minimum Gasteiger partial charge on any atom is -0.480 e. The lowest BCUT2D eigenvalue weighted by atomic mass is 10.1. The van der Waals surface area contributed by atoms with Crippen LogP contribution >= 0.6 is 24.0 Å². The highest BCUT2D eigenvalue weighted by Gasteiger charge is 2.33. The topological polar surface area (TPSA) is 94.9 Å². The number of benzene rings is 1. The first-order chi connectivity index (χ1) is 13.4. The first kappa shape index (κ1) is 24.5. The van der Waals surface area contributed by atoms with Crippen LogP contribution in [0.4, 0.5) is 0 Å². The fourth-order valence-corrected chi connectivity index (χ4v) is 3.54. The Labute approximate surface area is 179 Å². The number of likely N-dealkylation sites (N-methyl/N-ethyl adjacent to an activating group) is 1. The predicted molar refractivity (Wildman–Crippen MR) is 118 cm³/mol. The summed E-state index contributed by atoms with van der Waals surface area (Å²) in [7, 11) is 5.52. The molecule has 156 valence electrons. The van der Waals surface area contributed by atoms with Crippen LogP contribution < -0.4 is 0 Å². The van der Waals surface area contributed by atoms with Crippen molar-refractivity contribution in [2.75, 3.05) is 34.2 Å². The summed E-state index contributed by atoms with van der Waals surface area (Å²) >= 11 is 6.17. The van der Waals surface area contributed by atoms with Crippen molar-refractivity contribution < 1.29 is 29.1 Å². The molecule has 1 aromatic carbocycles. The summed E-state index contributed by atoms with van der Waals surface area (Å²) in [5.74, 6) is -2.19. The van der Waals surface area contributed by atoms with Crippen LogP contribution in [-0.2, 0) is 14.4 Å². The maximum atomic E-state index is 12.1. The third-order valence-electron chi connectivity index (χ3n) is 3.33. The molecule has 2 rings (SSSR count). The Bertz CT molecular complexity index is 842. The molecular weight excluding hydrogens is 412 g/mol. The molecule has 1 amide bonds. The van der Waals surface area contributed by atoms with Gasteiger partial charge >= 0.3 is 11.9 Å². The number of hydrogen-bond acceptors (Lipinski definition) is 5. The lowest BCUT2D eigenvalue weighted by Gasteiger charge is -2.20. The van der Waals surface area contributed by atoms with Crippen molar-refractivity contribution >= 4 is 52.2 Å². The van der Waals surface area contributed by atoms with Crippen molar-refractivity contribution in [2.24, 2.45) is 0 Å². The normalized spacial score (nSPS) is 15.9. The van der Waals surface area contributed by atoms with Crippen molar-refractivity contribution in [3.8, 4) is 0 Å². The molecule has 0 radical (unpaired) electrons. The van der Waals surface area contributed by atoms with E-state index in [1.165, 1.54) is 0 Å². The van der Waals surface area contributed by atoms with Gasteiger partial charge in [0.05, 0.1) is 26.0 Å². The monoisotopic (exact) mass is 437 g/mol. The molecular formula is C20H25N2O5S2+. The number of hydrogen-bond donors (Lipinski definition) is 2. The zero-order valence-corrected chi connectivity index (χ0v) is 18.4. The van der Waals surface area contributed by atoms with Crippen molar-refractivity contribution in [1.82, 2.24) is 4.90 Å². The van der Waals surface area contributed by atoms with Gasteiger partial charge in [0, 0.05) is 0 Å². The molecule has 1 aromatic rings. The van der Waals surface area contributed by atoms with Gasteiger partial charge in [-0.2, -0.15) is 0 Å². The molecule has 0 spiro atoms. The van der Waals surface area contributed by atoms with Crippen LogP contribution in [-0.4, -0.2) is 76.0 Å². The molecule has 0 aliphatic carbocycles. The Kier molecular flexibility index (Phi) is 9.22. The van der Waals surface area contributed by atoms with E-state index in [0.717, 1.165) is 27.8 Å². The van der Waals surface area contributed by atoms with Crippen LogP contribution in [0.2, 0.25) is 0 Å². The SMILES string of the molecule is CC(/C=C1\SC(=S)N(CC(=O)O)C1=O)=C\c1ccccc1.C[N+](C)(C)CC(=O)O. The number of nitrogens with zero attached hydrogens (tertiary/aromatic N) is 2. The van der Waals surface area contributed by atoms with E-state index >= 15 is 0 Å². The number of thiocarbonyl (C=S) groups is 1. The summed E-state index contributed by atoms with van der Waals surface area (Å²) in [5, 5.41) is 17.0. The fraction of sp³-hybridized carbons (Fsp3) is 0.300. The third-order valence-corrected chi connectivity index (χ3v) is 4.71. The number of carboxylic acid groups (broad SMARTS) is 2. The van der Waals surface area contributed by atoms with E-state index in [-0.39, 0.29) is 16.8 Å². The number of amides is 1. The lowest BCUT2D eigenvalue weighted by Crippen LogP contribution is -2.39. The lowest BCUT2D eigenvalue weighted by molar-refractivity contribution is -0.862. The number of quaternary nitrogens is 1. The van der Waals surface area contributed by atoms with Crippen LogP contribution in [0.3, 0.4) is 0 Å². The van der Waals surface area contributed by atoms with E-state index in [1.807, 2.05) is 64.5 Å². The Balaban J connectivity index is 0.000000447. The first-order valence-corrected chi connectivity index (χ1v) is 9.84. The molecule has 1 aliphatic heterocycles. The van der Waals surface area contributed by atoms with Crippen LogP contribution in [0.15, 0.2) is 46.9 Å². The highest BCUT2D eigenvalue weighted by atomic mass is 32.2. The summed E-state index contributed by atoms with van der Waals surface area (Å²) in [4.78, 5) is 34.4. The number of allylic oxidation sites excluding steroid dienone is 2. The van der Waals surface area contributed by atoms with Gasteiger partial charge in [-0.1, -0.05) is 60.4 Å². The van der Waals surface area contributed by atoms with Crippen LogP contribution in [0.5, 0.6) is 0 Å². The Morgan fingerprint density at radius 2 is 1.72 bits per heavy atom. The molecule has 2 N–H and O–H groups in total. The molecule has 1 heterocycles. The summed E-state index contributed by atoms with van der Waals surface area (Å²) in [6, 6.07) is 9.74. The van der Waals surface area contributed by atoms with Gasteiger partial charge in [-0.25, -0.2) is 4.79 Å². The van der Waals surface area contributed by atoms with Gasteiger partial charge in [0.15, 0.2) is 6.54 Å². The van der Waals surface area contributed by atoms with Crippen molar-refractivity contribution in [3.05, 3.63) is 52.4 Å². The molecule has 29 heavy (non-hydrogen) atoms. The van der Waals surface area contributed by atoms with Gasteiger partial charge in [-0.3, -0.25) is 14.5 Å². The van der Waals surface area contributed by atoms with Crippen molar-refractivity contribution in [2.45, 2.75) is 6.92 Å². The second-order valence-electron chi connectivity index (χ2n) is 7.30. The number of aliphatic carboxylic acids is 2. The van der Waals surface area contributed by atoms with Gasteiger partial charge in [0.25, 0.3) is 5.91 Å². The van der Waals surface area contributed by atoms with E-state index in [9.17, 15) is 14.4 Å². The second kappa shape index (κ2) is 10.9. The van der Waals surface area contributed by atoms with E-state index in [1.54, 1.807) is 6.08 Å². The molecule has 1 saturated heterocycles. The Hall–Kier alpha value is -2.49. The van der Waals surface area contributed by atoms with Crippen molar-refractivity contribution in [1.29, 1.82) is 0 Å². The Morgan fingerprint density at radius 1 is 1.14 bits per heavy atom. The van der Waals surface area contributed by atoms with Crippen LogP contribution in [0.1, 0.15) is 12.5 Å². The number of carboxylic acids is 2. The standard InChI is InChI=1S/C15H13NO3S2.C5H11NO2/c1-10(7-11-5-3-2-4-6-11)8-12-14(19)16(9-13(17)18)15(20)21-12;1-6(2,3)4-5(7)8/h2-8H,9H2,1H3,(H,17,18);4H2,1-3H3/p+1/b10-7+,12-8-;. The number of rotatable bonds is 6. The fourth-order valence-electron chi connectivity index (χ4n) is 2.24. The third kappa shape index (κ3) is 9.51. The van der Waals surface area contributed by atoms with Gasteiger partial charge in [-0.05, 0) is 24.1 Å². The molecule has 0 atom stereocenters. The molecule has 0 bridgehead atoms. The maximum Gasteiger partial charge on any atom is 0.359 e. The van der Waals surface area contributed by atoms with Gasteiger partial charge in [-0.15, -0.1) is 0 Å². The number of carbonyl (C=O) groups is 3. The first-order valence-electron chi connectivity index (χ1n) is 8.62. The second-order valence-corrected chi connectivity index (χ2v) is 8.98. The quantitative estimate of drug-likeness (QED) is 0.401. The minimum atomic E-state index is -1.08. The minimum absolute atomic E-state index is 0.181. The van der Waals surface area contributed by atoms with E-state index in [4.69, 9.17) is 22.4 Å². The molecule has 0 saturated carbocycles. The van der Waals surface area contributed by atoms with Crippen LogP contribution in [0, 0.1) is 0 Å². The molecule has 9 heteroatoms. The highest BCUT2D eigenvalue weighted by Crippen LogP contribution is 2.31. The van der Waals surface area contributed by atoms with Gasteiger partial charge in [0.2, 0.25) is 0 Å². The summed E-state index contributed by atoms with van der Waals surface area (Å²) in [6.45, 7) is 1.67. The zero-order chi connectivity index (χ0) is 22.2. The maximum absolute atomic E-state index is 12.1. The predicted octanol–water partition coefficient (Wildman–Crippen LogP) is 2.70. The molecule has 0 unspecified atom stereocenters. The molecule has 1 aliphatic rings. The average molecular weight is 438 g/mol. The number of carbonyl (C=O) groups excluding carboxylic acids is 1. The van der Waals surface area contributed by atoms with E-state index in [0.29, 0.717) is 9.39 Å². The Morgan fingerprint density at radius 3 is 2.17 bits per heavy atom. The van der Waals surface area contributed by atoms with Crippen molar-refractivity contribution in [3.63, 3.8) is 0 Å². The summed E-state index contributed by atoms with van der Waals surface area (Å²) in [6.07, 6.45) is 3.68. The van der Waals surface area contributed by atoms with E-state index in [2.05, 4.69) is 0 Å². The van der Waals surface area contributed by atoms with E-state index < -0.39 is 18.5 Å². The molecule has 7 nitrogen and oxygen atoms in total. The largest absolute Gasteiger partial charge is 0.480 e.